The standard InChI is InChI=1S/C15H12ClN3O2/c16-10-1-3-11(4-2-10)18-14(20)9-19-8-6-12-13(19)5-7-17-15(12)21/h1-8H,9H2,(H,17,21)(H,18,20). The van der Waals surface area contributed by atoms with E-state index in [1.165, 1.54) is 0 Å². The number of H-pyrrole nitrogens is 1. The van der Waals surface area contributed by atoms with E-state index in [0.29, 0.717) is 16.1 Å². The number of carbonyl (C=O) groups is 1. The van der Waals surface area contributed by atoms with Crippen LogP contribution in [0.2, 0.25) is 5.02 Å². The minimum Gasteiger partial charge on any atom is -0.338 e. The molecule has 0 aliphatic carbocycles. The average Bonchev–Trinajstić information content (AvgIpc) is 2.86. The molecule has 0 fully saturated rings. The minimum atomic E-state index is -0.171. The highest BCUT2D eigenvalue weighted by Crippen LogP contribution is 2.14. The zero-order valence-corrected chi connectivity index (χ0v) is 11.7. The summed E-state index contributed by atoms with van der Waals surface area (Å²) in [6, 6.07) is 10.4. The lowest BCUT2D eigenvalue weighted by Gasteiger charge is -2.07. The second-order valence-corrected chi connectivity index (χ2v) is 5.04. The second kappa shape index (κ2) is 5.46. The van der Waals surface area contributed by atoms with Crippen LogP contribution in [0, 0.1) is 0 Å². The predicted octanol–water partition coefficient (Wildman–Crippen LogP) is 2.62. The van der Waals surface area contributed by atoms with Crippen LogP contribution < -0.4 is 10.9 Å². The van der Waals surface area contributed by atoms with Gasteiger partial charge in [-0.25, -0.2) is 0 Å². The lowest BCUT2D eigenvalue weighted by atomic mass is 10.3. The number of carbonyl (C=O) groups excluding carboxylic acids is 1. The number of anilines is 1. The number of hydrogen-bond acceptors (Lipinski definition) is 2. The first kappa shape index (κ1) is 13.5. The lowest BCUT2D eigenvalue weighted by molar-refractivity contribution is -0.116. The van der Waals surface area contributed by atoms with Crippen LogP contribution in [-0.4, -0.2) is 15.5 Å². The SMILES string of the molecule is O=C(Cn1ccc2c(=O)[nH]ccc21)Nc1ccc(Cl)cc1. The topological polar surface area (TPSA) is 66.9 Å². The zero-order valence-electron chi connectivity index (χ0n) is 11.0. The second-order valence-electron chi connectivity index (χ2n) is 4.60. The van der Waals surface area contributed by atoms with E-state index in [4.69, 9.17) is 11.6 Å². The van der Waals surface area contributed by atoms with Crippen molar-refractivity contribution in [2.75, 3.05) is 5.32 Å². The number of aromatic nitrogens is 2. The summed E-state index contributed by atoms with van der Waals surface area (Å²) >= 11 is 5.79. The van der Waals surface area contributed by atoms with Crippen LogP contribution in [0.4, 0.5) is 5.69 Å². The van der Waals surface area contributed by atoms with E-state index in [-0.39, 0.29) is 18.0 Å². The molecule has 0 saturated carbocycles. The summed E-state index contributed by atoms with van der Waals surface area (Å²) < 4.78 is 1.73. The first-order valence-corrected chi connectivity index (χ1v) is 6.73. The van der Waals surface area contributed by atoms with Gasteiger partial charge in [-0.2, -0.15) is 0 Å². The Labute approximate surface area is 125 Å². The number of nitrogens with one attached hydrogen (secondary N) is 2. The molecule has 1 aromatic carbocycles. The Balaban J connectivity index is 1.79. The van der Waals surface area contributed by atoms with Crippen molar-refractivity contribution in [3.05, 3.63) is 64.2 Å². The van der Waals surface area contributed by atoms with Gasteiger partial charge >= 0.3 is 0 Å². The Morgan fingerprint density at radius 2 is 1.95 bits per heavy atom. The van der Waals surface area contributed by atoms with Crippen molar-refractivity contribution in [2.45, 2.75) is 6.54 Å². The van der Waals surface area contributed by atoms with E-state index in [2.05, 4.69) is 10.3 Å². The average molecular weight is 302 g/mol. The van der Waals surface area contributed by atoms with E-state index in [1.807, 2.05) is 0 Å². The van der Waals surface area contributed by atoms with Gasteiger partial charge in [0.15, 0.2) is 0 Å². The fourth-order valence-electron chi connectivity index (χ4n) is 2.16. The molecule has 106 valence electrons. The van der Waals surface area contributed by atoms with E-state index in [0.717, 1.165) is 5.52 Å². The summed E-state index contributed by atoms with van der Waals surface area (Å²) in [6.07, 6.45) is 3.29. The predicted molar refractivity (Wildman–Crippen MR) is 82.6 cm³/mol. The van der Waals surface area contributed by atoms with E-state index in [1.54, 1.807) is 53.4 Å². The summed E-state index contributed by atoms with van der Waals surface area (Å²) in [5.41, 5.74) is 1.24. The summed E-state index contributed by atoms with van der Waals surface area (Å²) in [6.45, 7) is 0.135. The van der Waals surface area contributed by atoms with Crippen molar-refractivity contribution in [3.8, 4) is 0 Å². The van der Waals surface area contributed by atoms with Crippen LogP contribution >= 0.6 is 11.6 Å². The maximum atomic E-state index is 12.0. The molecule has 5 nitrogen and oxygen atoms in total. The van der Waals surface area contributed by atoms with Crippen LogP contribution in [0.15, 0.2) is 53.6 Å². The van der Waals surface area contributed by atoms with Gasteiger partial charge in [0.2, 0.25) is 5.91 Å². The molecule has 0 spiro atoms. The van der Waals surface area contributed by atoms with Gasteiger partial charge in [-0.15, -0.1) is 0 Å². The highest BCUT2D eigenvalue weighted by atomic mass is 35.5. The summed E-state index contributed by atoms with van der Waals surface area (Å²) in [4.78, 5) is 26.3. The van der Waals surface area contributed by atoms with Crippen LogP contribution in [0.5, 0.6) is 0 Å². The van der Waals surface area contributed by atoms with E-state index in [9.17, 15) is 9.59 Å². The fourth-order valence-corrected chi connectivity index (χ4v) is 2.29. The van der Waals surface area contributed by atoms with Crippen LogP contribution in [-0.2, 0) is 11.3 Å². The monoisotopic (exact) mass is 301 g/mol. The molecule has 0 aliphatic heterocycles. The number of nitrogens with zero attached hydrogens (tertiary/aromatic N) is 1. The summed E-state index contributed by atoms with van der Waals surface area (Å²) in [5, 5.41) is 3.96. The lowest BCUT2D eigenvalue weighted by Crippen LogP contribution is -2.18. The van der Waals surface area contributed by atoms with Gasteiger partial charge in [-0.3, -0.25) is 9.59 Å². The molecule has 0 atom stereocenters. The molecule has 1 amide bonds. The highest BCUT2D eigenvalue weighted by Gasteiger charge is 2.08. The maximum absolute atomic E-state index is 12.0. The zero-order chi connectivity index (χ0) is 14.8. The largest absolute Gasteiger partial charge is 0.338 e. The third-order valence-corrected chi connectivity index (χ3v) is 3.40. The molecular formula is C15H12ClN3O2. The van der Waals surface area contributed by atoms with Crippen molar-refractivity contribution in [2.24, 2.45) is 0 Å². The summed E-state index contributed by atoms with van der Waals surface area (Å²) in [5.74, 6) is -0.171. The summed E-state index contributed by atoms with van der Waals surface area (Å²) in [7, 11) is 0. The van der Waals surface area contributed by atoms with Crippen molar-refractivity contribution < 1.29 is 4.79 Å². The van der Waals surface area contributed by atoms with Gasteiger partial charge < -0.3 is 14.9 Å². The minimum absolute atomic E-state index is 0.135. The quantitative estimate of drug-likeness (QED) is 0.781. The van der Waals surface area contributed by atoms with Gasteiger partial charge in [0, 0.05) is 23.1 Å². The van der Waals surface area contributed by atoms with Crippen LogP contribution in [0.25, 0.3) is 10.9 Å². The molecule has 2 aromatic heterocycles. The van der Waals surface area contributed by atoms with Gasteiger partial charge in [0.25, 0.3) is 5.56 Å². The Morgan fingerprint density at radius 1 is 1.19 bits per heavy atom. The number of aromatic amines is 1. The van der Waals surface area contributed by atoms with Crippen LogP contribution in [0.3, 0.4) is 0 Å². The third-order valence-electron chi connectivity index (χ3n) is 3.15. The number of pyridine rings is 1. The Hall–Kier alpha value is -2.53. The van der Waals surface area contributed by atoms with Gasteiger partial charge in [0.05, 0.1) is 10.9 Å². The Bertz CT molecular complexity index is 849. The number of fused-ring (bicyclic) bond motifs is 1. The van der Waals surface area contributed by atoms with Crippen LogP contribution in [0.1, 0.15) is 0 Å². The molecule has 21 heavy (non-hydrogen) atoms. The fraction of sp³-hybridized carbons (Fsp3) is 0.0667. The number of benzene rings is 1. The smallest absolute Gasteiger partial charge is 0.257 e. The van der Waals surface area contributed by atoms with E-state index >= 15 is 0 Å². The van der Waals surface area contributed by atoms with E-state index < -0.39 is 0 Å². The third kappa shape index (κ3) is 2.83. The Morgan fingerprint density at radius 3 is 2.71 bits per heavy atom. The molecule has 3 rings (SSSR count). The molecule has 3 aromatic rings. The number of hydrogen-bond donors (Lipinski definition) is 2. The first-order chi connectivity index (χ1) is 10.1. The molecule has 0 aliphatic rings. The number of amides is 1. The Kier molecular flexibility index (Phi) is 3.50. The molecule has 6 heteroatoms. The number of halogens is 1. The maximum Gasteiger partial charge on any atom is 0.257 e. The van der Waals surface area contributed by atoms with Crippen molar-refractivity contribution in [3.63, 3.8) is 0 Å². The van der Waals surface area contributed by atoms with Crippen molar-refractivity contribution >= 4 is 34.1 Å². The first-order valence-electron chi connectivity index (χ1n) is 6.35. The van der Waals surface area contributed by atoms with Crippen molar-refractivity contribution in [1.82, 2.24) is 9.55 Å². The molecule has 0 unspecified atom stereocenters. The van der Waals surface area contributed by atoms with Gasteiger partial charge in [-0.1, -0.05) is 11.6 Å². The van der Waals surface area contributed by atoms with Gasteiger partial charge in [-0.05, 0) is 36.4 Å². The molecule has 0 radical (unpaired) electrons. The van der Waals surface area contributed by atoms with Gasteiger partial charge in [0.1, 0.15) is 6.54 Å². The molecule has 2 heterocycles. The normalized spacial score (nSPS) is 10.7. The highest BCUT2D eigenvalue weighted by molar-refractivity contribution is 6.30. The molecular weight excluding hydrogens is 290 g/mol. The molecule has 0 saturated heterocycles. The molecule has 2 N–H and O–H groups in total. The number of rotatable bonds is 3. The molecule has 0 bridgehead atoms. The van der Waals surface area contributed by atoms with Crippen molar-refractivity contribution in [1.29, 1.82) is 0 Å².